The summed E-state index contributed by atoms with van der Waals surface area (Å²) in [6, 6.07) is 1.64. The molecule has 7 heteroatoms. The SMILES string of the molecule is CCNc1ccncc1S(=O)(=O)N1CCC(C)(O)C1. The minimum Gasteiger partial charge on any atom is -0.389 e. The number of aromatic nitrogens is 1. The van der Waals surface area contributed by atoms with E-state index in [9.17, 15) is 13.5 Å². The van der Waals surface area contributed by atoms with Gasteiger partial charge in [-0.15, -0.1) is 0 Å². The van der Waals surface area contributed by atoms with Gasteiger partial charge >= 0.3 is 0 Å². The number of rotatable bonds is 4. The summed E-state index contributed by atoms with van der Waals surface area (Å²) in [5, 5.41) is 12.9. The van der Waals surface area contributed by atoms with Crippen LogP contribution in [0, 0.1) is 0 Å². The fourth-order valence-electron chi connectivity index (χ4n) is 2.17. The van der Waals surface area contributed by atoms with Crippen LogP contribution >= 0.6 is 0 Å². The van der Waals surface area contributed by atoms with E-state index < -0.39 is 15.6 Å². The molecule has 1 unspecified atom stereocenters. The number of nitrogens with zero attached hydrogens (tertiary/aromatic N) is 2. The van der Waals surface area contributed by atoms with Crippen molar-refractivity contribution in [2.75, 3.05) is 25.0 Å². The molecule has 6 nitrogen and oxygen atoms in total. The van der Waals surface area contributed by atoms with Crippen LogP contribution in [0.1, 0.15) is 20.3 Å². The first kappa shape index (κ1) is 14.2. The zero-order chi connectivity index (χ0) is 14.1. The Balaban J connectivity index is 2.35. The van der Waals surface area contributed by atoms with Crippen LogP contribution in [0.15, 0.2) is 23.4 Å². The predicted molar refractivity (Wildman–Crippen MR) is 72.4 cm³/mol. The molecule has 1 aliphatic rings. The minimum atomic E-state index is -3.61. The van der Waals surface area contributed by atoms with E-state index in [0.29, 0.717) is 25.2 Å². The molecule has 0 saturated carbocycles. The number of β-amino-alcohol motifs (C(OH)–C–C–N with tert-alkyl or cyclic N) is 1. The molecule has 2 N–H and O–H groups in total. The van der Waals surface area contributed by atoms with Crippen molar-refractivity contribution >= 4 is 15.7 Å². The quantitative estimate of drug-likeness (QED) is 0.849. The molecule has 0 spiro atoms. The molecule has 2 rings (SSSR count). The first-order chi connectivity index (χ1) is 8.87. The highest BCUT2D eigenvalue weighted by atomic mass is 32.2. The number of anilines is 1. The Morgan fingerprint density at radius 3 is 2.89 bits per heavy atom. The van der Waals surface area contributed by atoms with Crippen LogP contribution in [0.2, 0.25) is 0 Å². The average molecular weight is 285 g/mol. The van der Waals surface area contributed by atoms with Gasteiger partial charge in [-0.3, -0.25) is 4.98 Å². The minimum absolute atomic E-state index is 0.121. The van der Waals surface area contributed by atoms with Gasteiger partial charge in [-0.2, -0.15) is 4.31 Å². The third kappa shape index (κ3) is 2.88. The van der Waals surface area contributed by atoms with Gasteiger partial charge in [0, 0.05) is 32.0 Å². The normalized spacial score (nSPS) is 24.6. The van der Waals surface area contributed by atoms with E-state index in [4.69, 9.17) is 0 Å². The largest absolute Gasteiger partial charge is 0.389 e. The molecule has 0 amide bonds. The summed E-state index contributed by atoms with van der Waals surface area (Å²) in [6.07, 6.45) is 3.35. The molecule has 1 saturated heterocycles. The van der Waals surface area contributed by atoms with Crippen LogP contribution in [0.4, 0.5) is 5.69 Å². The fourth-order valence-corrected chi connectivity index (χ4v) is 3.84. The third-order valence-corrected chi connectivity index (χ3v) is 5.06. The Morgan fingerprint density at radius 1 is 1.58 bits per heavy atom. The Hall–Kier alpha value is -1.18. The highest BCUT2D eigenvalue weighted by Crippen LogP contribution is 2.29. The third-order valence-electron chi connectivity index (χ3n) is 3.19. The van der Waals surface area contributed by atoms with Crippen molar-refractivity contribution in [3.8, 4) is 0 Å². The topological polar surface area (TPSA) is 82.5 Å². The van der Waals surface area contributed by atoms with Gasteiger partial charge in [-0.25, -0.2) is 8.42 Å². The standard InChI is InChI=1S/C12H19N3O3S/c1-3-14-10-4-6-13-8-11(10)19(17,18)15-7-5-12(2,16)9-15/h4,6,8,16H,3,5,7,9H2,1-2H3,(H,13,14). The van der Waals surface area contributed by atoms with E-state index in [1.165, 1.54) is 10.5 Å². The van der Waals surface area contributed by atoms with Gasteiger partial charge in [-0.1, -0.05) is 0 Å². The number of pyridine rings is 1. The molecule has 0 radical (unpaired) electrons. The lowest BCUT2D eigenvalue weighted by Gasteiger charge is -2.20. The molecule has 2 heterocycles. The first-order valence-corrected chi connectivity index (χ1v) is 7.71. The number of nitrogens with one attached hydrogen (secondary N) is 1. The van der Waals surface area contributed by atoms with Crippen molar-refractivity contribution in [1.82, 2.24) is 9.29 Å². The van der Waals surface area contributed by atoms with Crippen molar-refractivity contribution in [2.24, 2.45) is 0 Å². The van der Waals surface area contributed by atoms with Crippen molar-refractivity contribution in [3.63, 3.8) is 0 Å². The van der Waals surface area contributed by atoms with Crippen molar-refractivity contribution in [3.05, 3.63) is 18.5 Å². The maximum atomic E-state index is 12.6. The second-order valence-corrected chi connectivity index (χ2v) is 6.89. The van der Waals surface area contributed by atoms with Gasteiger partial charge in [0.05, 0.1) is 11.3 Å². The Bertz CT molecular complexity index is 557. The maximum absolute atomic E-state index is 12.6. The molecular formula is C12H19N3O3S. The molecule has 0 aromatic carbocycles. The highest BCUT2D eigenvalue weighted by molar-refractivity contribution is 7.89. The summed E-state index contributed by atoms with van der Waals surface area (Å²) < 4.78 is 26.4. The van der Waals surface area contributed by atoms with Crippen LogP contribution in [0.3, 0.4) is 0 Å². The summed E-state index contributed by atoms with van der Waals surface area (Å²) in [5.74, 6) is 0. The van der Waals surface area contributed by atoms with Crippen molar-refractivity contribution < 1.29 is 13.5 Å². The summed E-state index contributed by atoms with van der Waals surface area (Å²) in [4.78, 5) is 4.05. The fraction of sp³-hybridized carbons (Fsp3) is 0.583. The Labute approximate surface area is 113 Å². The van der Waals surface area contributed by atoms with E-state index >= 15 is 0 Å². The van der Waals surface area contributed by atoms with Crippen LogP contribution in [0.5, 0.6) is 0 Å². The molecule has 1 fully saturated rings. The lowest BCUT2D eigenvalue weighted by molar-refractivity contribution is 0.0762. The van der Waals surface area contributed by atoms with E-state index in [0.717, 1.165) is 0 Å². The predicted octanol–water partition coefficient (Wildman–Crippen LogP) is 0.659. The Kier molecular flexibility index (Phi) is 3.80. The lowest BCUT2D eigenvalue weighted by Crippen LogP contribution is -2.34. The van der Waals surface area contributed by atoms with Gasteiger partial charge < -0.3 is 10.4 Å². The molecule has 0 bridgehead atoms. The number of sulfonamides is 1. The maximum Gasteiger partial charge on any atom is 0.246 e. The van der Waals surface area contributed by atoms with Crippen molar-refractivity contribution in [2.45, 2.75) is 30.8 Å². The molecule has 106 valence electrons. The smallest absolute Gasteiger partial charge is 0.246 e. The van der Waals surface area contributed by atoms with Crippen LogP contribution < -0.4 is 5.32 Å². The Morgan fingerprint density at radius 2 is 2.32 bits per heavy atom. The van der Waals surface area contributed by atoms with E-state index in [1.807, 2.05) is 6.92 Å². The lowest BCUT2D eigenvalue weighted by atomic mass is 10.1. The van der Waals surface area contributed by atoms with Gasteiger partial charge in [0.15, 0.2) is 0 Å². The second-order valence-electron chi connectivity index (χ2n) is 4.99. The first-order valence-electron chi connectivity index (χ1n) is 6.27. The number of aliphatic hydroxyl groups is 1. The zero-order valence-corrected chi connectivity index (χ0v) is 11.9. The van der Waals surface area contributed by atoms with E-state index in [2.05, 4.69) is 10.3 Å². The summed E-state index contributed by atoms with van der Waals surface area (Å²) in [5.41, 5.74) is -0.405. The van der Waals surface area contributed by atoms with Gasteiger partial charge in [0.2, 0.25) is 10.0 Å². The summed E-state index contributed by atoms with van der Waals surface area (Å²) >= 11 is 0. The number of hydrogen-bond donors (Lipinski definition) is 2. The van der Waals surface area contributed by atoms with Gasteiger partial charge in [0.25, 0.3) is 0 Å². The molecule has 19 heavy (non-hydrogen) atoms. The second kappa shape index (κ2) is 5.07. The van der Waals surface area contributed by atoms with E-state index in [-0.39, 0.29) is 11.4 Å². The zero-order valence-electron chi connectivity index (χ0n) is 11.1. The highest BCUT2D eigenvalue weighted by Gasteiger charge is 2.39. The summed E-state index contributed by atoms with van der Waals surface area (Å²) in [7, 11) is -3.61. The monoisotopic (exact) mass is 285 g/mol. The molecule has 1 aliphatic heterocycles. The van der Waals surface area contributed by atoms with E-state index in [1.54, 1.807) is 19.2 Å². The molecule has 1 aromatic heterocycles. The molecule has 1 atom stereocenters. The summed E-state index contributed by atoms with van der Waals surface area (Å²) in [6.45, 7) is 4.63. The van der Waals surface area contributed by atoms with Gasteiger partial charge in [-0.05, 0) is 26.3 Å². The number of hydrogen-bond acceptors (Lipinski definition) is 5. The average Bonchev–Trinajstić information content (AvgIpc) is 2.71. The van der Waals surface area contributed by atoms with Crippen LogP contribution in [-0.2, 0) is 10.0 Å². The van der Waals surface area contributed by atoms with Crippen LogP contribution in [-0.4, -0.2) is 48.0 Å². The molecule has 1 aromatic rings. The van der Waals surface area contributed by atoms with Gasteiger partial charge in [0.1, 0.15) is 4.90 Å². The van der Waals surface area contributed by atoms with Crippen molar-refractivity contribution in [1.29, 1.82) is 0 Å². The molecule has 0 aliphatic carbocycles. The van der Waals surface area contributed by atoms with Crippen LogP contribution in [0.25, 0.3) is 0 Å². The molecular weight excluding hydrogens is 266 g/mol.